The molecule has 2 atom stereocenters. The van der Waals surface area contributed by atoms with E-state index < -0.39 is 0 Å². The Labute approximate surface area is 122 Å². The molecule has 2 aromatic carbocycles. The Hall–Kier alpha value is -1.82. The fraction of sp³-hybridized carbons (Fsp3) is 0.300. The number of allylic oxidation sites excluding steroid dienone is 2. The molecule has 0 N–H and O–H groups in total. The van der Waals surface area contributed by atoms with E-state index in [1.54, 1.807) is 0 Å². The molecule has 0 saturated carbocycles. The van der Waals surface area contributed by atoms with E-state index in [1.807, 2.05) is 0 Å². The quantitative estimate of drug-likeness (QED) is 0.665. The zero-order valence-electron chi connectivity index (χ0n) is 12.1. The summed E-state index contributed by atoms with van der Waals surface area (Å²) in [4.78, 5) is 0. The summed E-state index contributed by atoms with van der Waals surface area (Å²) in [7, 11) is 0. The molecule has 0 heteroatoms. The van der Waals surface area contributed by atoms with E-state index in [1.165, 1.54) is 36.0 Å². The van der Waals surface area contributed by atoms with E-state index in [4.69, 9.17) is 0 Å². The molecule has 0 aliphatic heterocycles. The van der Waals surface area contributed by atoms with Crippen LogP contribution in [0.3, 0.4) is 0 Å². The van der Waals surface area contributed by atoms with Crippen molar-refractivity contribution in [3.8, 4) is 0 Å². The van der Waals surface area contributed by atoms with Crippen LogP contribution >= 0.6 is 0 Å². The monoisotopic (exact) mass is 262 g/mol. The second-order valence-electron chi connectivity index (χ2n) is 5.73. The van der Waals surface area contributed by atoms with Crippen LogP contribution in [0.1, 0.15) is 43.2 Å². The second kappa shape index (κ2) is 6.09. The summed E-state index contributed by atoms with van der Waals surface area (Å²) >= 11 is 0. The summed E-state index contributed by atoms with van der Waals surface area (Å²) in [5.74, 6) is 1.35. The molecule has 2 aromatic rings. The molecule has 20 heavy (non-hydrogen) atoms. The van der Waals surface area contributed by atoms with Gasteiger partial charge in [-0.2, -0.15) is 0 Å². The van der Waals surface area contributed by atoms with Crippen LogP contribution in [-0.2, 0) is 0 Å². The minimum atomic E-state index is 0.659. The van der Waals surface area contributed by atoms with Crippen molar-refractivity contribution in [1.82, 2.24) is 0 Å². The first-order chi connectivity index (χ1) is 9.88. The first kappa shape index (κ1) is 13.2. The summed E-state index contributed by atoms with van der Waals surface area (Å²) in [6.07, 6.45) is 6.25. The van der Waals surface area contributed by atoms with Gasteiger partial charge in [-0.3, -0.25) is 0 Å². The topological polar surface area (TPSA) is 0 Å². The van der Waals surface area contributed by atoms with Crippen LogP contribution < -0.4 is 0 Å². The second-order valence-corrected chi connectivity index (χ2v) is 5.73. The van der Waals surface area contributed by atoms with E-state index in [0.29, 0.717) is 11.8 Å². The van der Waals surface area contributed by atoms with Gasteiger partial charge in [-0.1, -0.05) is 80.1 Å². The minimum Gasteiger partial charge on any atom is -0.0770 e. The normalized spacial score (nSPS) is 21.8. The van der Waals surface area contributed by atoms with Crippen molar-refractivity contribution in [3.05, 3.63) is 77.9 Å². The standard InChI is InChI=1S/C20H22/c1-2-9-18-14-19(16-10-5-3-6-11-16)15-20(18)17-12-7-4-8-13-17/h3-8,10-14,18,20H,2,9,15H2,1H3. The SMILES string of the molecule is CCCC1C=C(c2ccccc2)CC1c1ccccc1. The molecule has 1 aliphatic carbocycles. The van der Waals surface area contributed by atoms with Gasteiger partial charge in [-0.15, -0.1) is 0 Å². The molecule has 3 rings (SSSR count). The maximum absolute atomic E-state index is 2.52. The van der Waals surface area contributed by atoms with Crippen LogP contribution in [0, 0.1) is 5.92 Å². The molecule has 0 nitrogen and oxygen atoms in total. The van der Waals surface area contributed by atoms with Gasteiger partial charge in [0.05, 0.1) is 0 Å². The number of hydrogen-bond donors (Lipinski definition) is 0. The third-order valence-corrected chi connectivity index (χ3v) is 4.37. The Morgan fingerprint density at radius 2 is 1.55 bits per heavy atom. The number of hydrogen-bond acceptors (Lipinski definition) is 0. The van der Waals surface area contributed by atoms with Gasteiger partial charge in [0.1, 0.15) is 0 Å². The Kier molecular flexibility index (Phi) is 4.01. The third-order valence-electron chi connectivity index (χ3n) is 4.37. The van der Waals surface area contributed by atoms with Gasteiger partial charge in [-0.25, -0.2) is 0 Å². The third kappa shape index (κ3) is 2.70. The minimum absolute atomic E-state index is 0.659. The van der Waals surface area contributed by atoms with Gasteiger partial charge in [0.2, 0.25) is 0 Å². The van der Waals surface area contributed by atoms with Crippen LogP contribution in [0.25, 0.3) is 5.57 Å². The summed E-state index contributed by atoms with van der Waals surface area (Å²) in [6, 6.07) is 21.9. The van der Waals surface area contributed by atoms with Crippen LogP contribution in [0.4, 0.5) is 0 Å². The average molecular weight is 262 g/mol. The van der Waals surface area contributed by atoms with Crippen LogP contribution in [0.15, 0.2) is 66.7 Å². The smallest absolute Gasteiger partial charge is 0.00582 e. The maximum atomic E-state index is 2.52. The zero-order valence-corrected chi connectivity index (χ0v) is 12.1. The number of rotatable bonds is 4. The average Bonchev–Trinajstić information content (AvgIpc) is 2.94. The Bertz CT molecular complexity index is 566. The first-order valence-corrected chi connectivity index (χ1v) is 7.69. The van der Waals surface area contributed by atoms with Crippen molar-refractivity contribution in [3.63, 3.8) is 0 Å². The van der Waals surface area contributed by atoms with E-state index in [9.17, 15) is 0 Å². The Morgan fingerprint density at radius 3 is 2.20 bits per heavy atom. The fourth-order valence-corrected chi connectivity index (χ4v) is 3.38. The van der Waals surface area contributed by atoms with Crippen molar-refractivity contribution in [2.24, 2.45) is 5.92 Å². The van der Waals surface area contributed by atoms with Crippen molar-refractivity contribution >= 4 is 5.57 Å². The lowest BCUT2D eigenvalue weighted by molar-refractivity contribution is 0.499. The van der Waals surface area contributed by atoms with Gasteiger partial charge >= 0.3 is 0 Å². The molecule has 0 spiro atoms. The van der Waals surface area contributed by atoms with E-state index in [-0.39, 0.29) is 0 Å². The first-order valence-electron chi connectivity index (χ1n) is 7.69. The van der Waals surface area contributed by atoms with Crippen LogP contribution in [-0.4, -0.2) is 0 Å². The van der Waals surface area contributed by atoms with Gasteiger partial charge in [0.15, 0.2) is 0 Å². The highest BCUT2D eigenvalue weighted by Gasteiger charge is 2.28. The highest BCUT2D eigenvalue weighted by molar-refractivity contribution is 5.69. The molecule has 0 aromatic heterocycles. The summed E-state index contributed by atoms with van der Waals surface area (Å²) in [5.41, 5.74) is 4.41. The molecular formula is C20H22. The highest BCUT2D eigenvalue weighted by atomic mass is 14.3. The highest BCUT2D eigenvalue weighted by Crippen LogP contribution is 2.44. The molecule has 0 bridgehead atoms. The Morgan fingerprint density at radius 1 is 0.900 bits per heavy atom. The van der Waals surface area contributed by atoms with Crippen LogP contribution in [0.2, 0.25) is 0 Å². The molecule has 0 amide bonds. The van der Waals surface area contributed by atoms with E-state index >= 15 is 0 Å². The fourth-order valence-electron chi connectivity index (χ4n) is 3.38. The van der Waals surface area contributed by atoms with Crippen molar-refractivity contribution in [1.29, 1.82) is 0 Å². The van der Waals surface area contributed by atoms with Gasteiger partial charge in [-0.05, 0) is 41.4 Å². The largest absolute Gasteiger partial charge is 0.0770 e. The maximum Gasteiger partial charge on any atom is -0.00582 e. The van der Waals surface area contributed by atoms with Crippen molar-refractivity contribution in [2.75, 3.05) is 0 Å². The lowest BCUT2D eigenvalue weighted by Crippen LogP contribution is -2.05. The van der Waals surface area contributed by atoms with Crippen molar-refractivity contribution in [2.45, 2.75) is 32.1 Å². The van der Waals surface area contributed by atoms with Crippen molar-refractivity contribution < 1.29 is 0 Å². The predicted octanol–water partition coefficient (Wildman–Crippen LogP) is 5.67. The molecule has 0 radical (unpaired) electrons. The summed E-state index contributed by atoms with van der Waals surface area (Å²) in [5, 5.41) is 0. The van der Waals surface area contributed by atoms with Gasteiger partial charge in [0.25, 0.3) is 0 Å². The molecule has 0 fully saturated rings. The molecular weight excluding hydrogens is 240 g/mol. The van der Waals surface area contributed by atoms with E-state index in [2.05, 4.69) is 73.7 Å². The number of benzene rings is 2. The molecule has 102 valence electrons. The van der Waals surface area contributed by atoms with E-state index in [0.717, 1.165) is 0 Å². The van der Waals surface area contributed by atoms with Gasteiger partial charge in [0, 0.05) is 0 Å². The van der Waals surface area contributed by atoms with Crippen LogP contribution in [0.5, 0.6) is 0 Å². The predicted molar refractivity (Wildman–Crippen MR) is 86.6 cm³/mol. The molecule has 2 unspecified atom stereocenters. The summed E-state index contributed by atoms with van der Waals surface area (Å²) in [6.45, 7) is 2.29. The lowest BCUT2D eigenvalue weighted by Gasteiger charge is -2.19. The zero-order chi connectivity index (χ0) is 13.8. The lowest BCUT2D eigenvalue weighted by atomic mass is 9.85. The Balaban J connectivity index is 1.88. The van der Waals surface area contributed by atoms with Gasteiger partial charge < -0.3 is 0 Å². The molecule has 1 aliphatic rings. The summed E-state index contributed by atoms with van der Waals surface area (Å²) < 4.78 is 0. The molecule has 0 heterocycles. The molecule has 0 saturated heterocycles.